The van der Waals surface area contributed by atoms with Crippen molar-refractivity contribution in [3.8, 4) is 39.4 Å². The summed E-state index contributed by atoms with van der Waals surface area (Å²) in [5.41, 5.74) is 6.75. The van der Waals surface area contributed by atoms with Crippen LogP contribution in [0.3, 0.4) is 0 Å². The predicted molar refractivity (Wildman–Crippen MR) is 163 cm³/mol. The molecule has 0 saturated heterocycles. The highest BCUT2D eigenvalue weighted by atomic mass is 19.1. The monoisotopic (exact) mass is 537 g/mol. The highest BCUT2D eigenvalue weighted by Crippen LogP contribution is 2.33. The van der Waals surface area contributed by atoms with Crippen molar-refractivity contribution in [2.45, 2.75) is 6.92 Å². The lowest BCUT2D eigenvalue weighted by molar-refractivity contribution is 0.482. The van der Waals surface area contributed by atoms with Crippen molar-refractivity contribution in [2.24, 2.45) is 0 Å². The zero-order valence-corrected chi connectivity index (χ0v) is 22.3. The van der Waals surface area contributed by atoms with E-state index >= 15 is 0 Å². The summed E-state index contributed by atoms with van der Waals surface area (Å²) >= 11 is 0. The van der Waals surface area contributed by atoms with Gasteiger partial charge in [0.25, 0.3) is 0 Å². The lowest BCUT2D eigenvalue weighted by atomic mass is 9.99. The maximum atomic E-state index is 14.0. The van der Waals surface area contributed by atoms with Gasteiger partial charge in [-0.05, 0) is 89.8 Å². The first-order valence-corrected chi connectivity index (χ1v) is 13.5. The Labute approximate surface area is 236 Å². The normalized spacial score (nSPS) is 11.3. The largest absolute Gasteiger partial charge is 0.457 e. The van der Waals surface area contributed by atoms with E-state index in [0.717, 1.165) is 33.9 Å². The highest BCUT2D eigenvalue weighted by molar-refractivity contribution is 6.09. The fraction of sp³-hybridized carbons (Fsp3) is 0.0270. The standard InChI is InChI=1S/C37H25F2NO/c1-24-34(38)22-28(23-35(24)39)27-12-10-25(11-13-27)26-14-18-30(19-15-26)41-31-20-16-29(17-21-31)40-36-8-4-2-6-32(36)33-7-3-5-9-37(33)40/h2-23H,1H3. The van der Waals surface area contributed by atoms with Crippen molar-refractivity contribution < 1.29 is 13.5 Å². The molecule has 41 heavy (non-hydrogen) atoms. The number of para-hydroxylation sites is 2. The molecule has 0 radical (unpaired) electrons. The molecule has 0 aliphatic rings. The summed E-state index contributed by atoms with van der Waals surface area (Å²) in [5, 5.41) is 2.47. The fourth-order valence-electron chi connectivity index (χ4n) is 5.38. The molecular weight excluding hydrogens is 512 g/mol. The molecule has 6 aromatic carbocycles. The van der Waals surface area contributed by atoms with E-state index in [1.165, 1.54) is 40.9 Å². The summed E-state index contributed by atoms with van der Waals surface area (Å²) in [4.78, 5) is 0. The van der Waals surface area contributed by atoms with Crippen molar-refractivity contribution in [1.82, 2.24) is 4.57 Å². The summed E-state index contributed by atoms with van der Waals surface area (Å²) in [5.74, 6) is 0.409. The second-order valence-electron chi connectivity index (χ2n) is 10.1. The quantitative estimate of drug-likeness (QED) is 0.213. The molecule has 0 aliphatic heterocycles. The first kappa shape index (κ1) is 24.8. The van der Waals surface area contributed by atoms with Crippen LogP contribution in [-0.4, -0.2) is 4.57 Å². The molecule has 0 fully saturated rings. The van der Waals surface area contributed by atoms with Crippen LogP contribution in [0.1, 0.15) is 5.56 Å². The first-order chi connectivity index (χ1) is 20.0. The molecule has 1 aromatic heterocycles. The fourth-order valence-corrected chi connectivity index (χ4v) is 5.38. The van der Waals surface area contributed by atoms with Gasteiger partial charge in [-0.25, -0.2) is 8.78 Å². The van der Waals surface area contributed by atoms with Gasteiger partial charge in [0, 0.05) is 22.0 Å². The van der Waals surface area contributed by atoms with E-state index in [2.05, 4.69) is 65.2 Å². The number of aromatic nitrogens is 1. The minimum Gasteiger partial charge on any atom is -0.457 e. The number of hydrogen-bond donors (Lipinski definition) is 0. The van der Waals surface area contributed by atoms with E-state index in [0.29, 0.717) is 5.56 Å². The number of fused-ring (bicyclic) bond motifs is 3. The smallest absolute Gasteiger partial charge is 0.129 e. The van der Waals surface area contributed by atoms with Crippen LogP contribution in [-0.2, 0) is 0 Å². The molecule has 2 nitrogen and oxygen atoms in total. The average molecular weight is 538 g/mol. The van der Waals surface area contributed by atoms with Crippen LogP contribution in [0, 0.1) is 18.6 Å². The van der Waals surface area contributed by atoms with Crippen molar-refractivity contribution in [1.29, 1.82) is 0 Å². The average Bonchev–Trinajstić information content (AvgIpc) is 3.35. The summed E-state index contributed by atoms with van der Waals surface area (Å²) in [6, 6.07) is 43.3. The van der Waals surface area contributed by atoms with Gasteiger partial charge in [-0.2, -0.15) is 0 Å². The van der Waals surface area contributed by atoms with Crippen LogP contribution in [0.15, 0.2) is 133 Å². The summed E-state index contributed by atoms with van der Waals surface area (Å²) in [6.07, 6.45) is 0. The lowest BCUT2D eigenvalue weighted by Gasteiger charge is -2.11. The molecule has 0 aliphatic carbocycles. The van der Waals surface area contributed by atoms with Gasteiger partial charge < -0.3 is 9.30 Å². The third kappa shape index (κ3) is 4.53. The Balaban J connectivity index is 1.09. The summed E-state index contributed by atoms with van der Waals surface area (Å²) < 4.78 is 36.4. The molecule has 0 bridgehead atoms. The Hall–Kier alpha value is -5.22. The third-order valence-corrected chi connectivity index (χ3v) is 7.60. The van der Waals surface area contributed by atoms with Gasteiger partial charge in [-0.15, -0.1) is 0 Å². The molecule has 0 amide bonds. The zero-order valence-electron chi connectivity index (χ0n) is 22.3. The number of ether oxygens (including phenoxy) is 1. The molecule has 7 rings (SSSR count). The minimum atomic E-state index is -0.541. The van der Waals surface area contributed by atoms with Crippen LogP contribution in [0.25, 0.3) is 49.7 Å². The van der Waals surface area contributed by atoms with Gasteiger partial charge in [-0.1, -0.05) is 72.8 Å². The van der Waals surface area contributed by atoms with Crippen molar-refractivity contribution in [2.75, 3.05) is 0 Å². The van der Waals surface area contributed by atoms with Crippen LogP contribution >= 0.6 is 0 Å². The Kier molecular flexibility index (Phi) is 6.09. The molecular formula is C37H25F2NO. The molecule has 1 heterocycles. The molecule has 198 valence electrons. The van der Waals surface area contributed by atoms with E-state index in [1.54, 1.807) is 0 Å². The second-order valence-corrected chi connectivity index (χ2v) is 10.1. The van der Waals surface area contributed by atoms with Crippen molar-refractivity contribution in [3.05, 3.63) is 151 Å². The van der Waals surface area contributed by atoms with Gasteiger partial charge in [-0.3, -0.25) is 0 Å². The van der Waals surface area contributed by atoms with Crippen LogP contribution < -0.4 is 4.74 Å². The Morgan fingerprint density at radius 3 is 1.41 bits per heavy atom. The van der Waals surface area contributed by atoms with Gasteiger partial charge in [0.2, 0.25) is 0 Å². The van der Waals surface area contributed by atoms with Crippen LogP contribution in [0.4, 0.5) is 8.78 Å². The highest BCUT2D eigenvalue weighted by Gasteiger charge is 2.12. The van der Waals surface area contributed by atoms with Gasteiger partial charge in [0.1, 0.15) is 23.1 Å². The Morgan fingerprint density at radius 1 is 0.488 bits per heavy atom. The number of rotatable bonds is 5. The number of hydrogen-bond acceptors (Lipinski definition) is 1. The first-order valence-electron chi connectivity index (χ1n) is 13.5. The van der Waals surface area contributed by atoms with E-state index in [4.69, 9.17) is 4.74 Å². The van der Waals surface area contributed by atoms with Gasteiger partial charge in [0.05, 0.1) is 11.0 Å². The number of benzene rings is 6. The maximum Gasteiger partial charge on any atom is 0.129 e. The number of halogens is 2. The third-order valence-electron chi connectivity index (χ3n) is 7.60. The molecule has 0 N–H and O–H groups in total. The lowest BCUT2D eigenvalue weighted by Crippen LogP contribution is -1.93. The van der Waals surface area contributed by atoms with Crippen LogP contribution in [0.2, 0.25) is 0 Å². The predicted octanol–water partition coefficient (Wildman–Crippen LogP) is 10.5. The molecule has 4 heteroatoms. The Morgan fingerprint density at radius 2 is 0.902 bits per heavy atom. The number of nitrogens with zero attached hydrogens (tertiary/aromatic N) is 1. The van der Waals surface area contributed by atoms with Gasteiger partial charge in [0.15, 0.2) is 0 Å². The summed E-state index contributed by atoms with van der Waals surface area (Å²) in [7, 11) is 0. The van der Waals surface area contributed by atoms with E-state index < -0.39 is 11.6 Å². The molecule has 7 aromatic rings. The molecule has 0 atom stereocenters. The molecule has 0 saturated carbocycles. The van der Waals surface area contributed by atoms with E-state index in [1.807, 2.05) is 60.7 Å². The molecule has 0 unspecified atom stereocenters. The van der Waals surface area contributed by atoms with E-state index in [9.17, 15) is 8.78 Å². The zero-order chi connectivity index (χ0) is 27.9. The van der Waals surface area contributed by atoms with Gasteiger partial charge >= 0.3 is 0 Å². The molecule has 0 spiro atoms. The second kappa shape index (κ2) is 10.1. The SMILES string of the molecule is Cc1c(F)cc(-c2ccc(-c3ccc(Oc4ccc(-n5c6ccccc6c6ccccc65)cc4)cc3)cc2)cc1F. The summed E-state index contributed by atoms with van der Waals surface area (Å²) in [6.45, 7) is 1.44. The Bertz CT molecular complexity index is 1950. The topological polar surface area (TPSA) is 14.2 Å². The van der Waals surface area contributed by atoms with E-state index in [-0.39, 0.29) is 5.56 Å². The van der Waals surface area contributed by atoms with Crippen LogP contribution in [0.5, 0.6) is 11.5 Å². The van der Waals surface area contributed by atoms with Crippen molar-refractivity contribution in [3.63, 3.8) is 0 Å². The maximum absolute atomic E-state index is 14.0. The minimum absolute atomic E-state index is 0.0340. The van der Waals surface area contributed by atoms with Crippen molar-refractivity contribution >= 4 is 21.8 Å².